The molecule has 0 unspecified atom stereocenters. The average molecular weight is 774 g/mol. The second kappa shape index (κ2) is 14.9. The number of rotatable bonds is 10. The molecule has 8 nitrogen and oxygen atoms in total. The lowest BCUT2D eigenvalue weighted by Crippen LogP contribution is -2.39. The highest BCUT2D eigenvalue weighted by molar-refractivity contribution is 5.82. The Labute approximate surface area is 340 Å². The summed E-state index contributed by atoms with van der Waals surface area (Å²) in [7, 11) is 0. The van der Waals surface area contributed by atoms with E-state index in [1.165, 1.54) is 17.2 Å². The van der Waals surface area contributed by atoms with E-state index in [9.17, 15) is 9.18 Å². The van der Waals surface area contributed by atoms with Gasteiger partial charge in [-0.2, -0.15) is 0 Å². The summed E-state index contributed by atoms with van der Waals surface area (Å²) in [6.07, 6.45) is 4.06. The van der Waals surface area contributed by atoms with E-state index in [-0.39, 0.29) is 24.0 Å². The van der Waals surface area contributed by atoms with Gasteiger partial charge in [-0.25, -0.2) is 14.1 Å². The molecule has 6 aromatic carbocycles. The number of pyridine rings is 1. The van der Waals surface area contributed by atoms with Crippen molar-refractivity contribution in [3.05, 3.63) is 225 Å². The fraction of sp³-hybridized carbons (Fsp3) is 0.140. The summed E-state index contributed by atoms with van der Waals surface area (Å²) in [5.41, 5.74) is 9.08. The largest absolute Gasteiger partial charge is 0.316 e. The molecule has 1 aliphatic carbocycles. The van der Waals surface area contributed by atoms with Crippen molar-refractivity contribution in [2.24, 2.45) is 0 Å². The van der Waals surface area contributed by atoms with Crippen molar-refractivity contribution in [3.8, 4) is 22.5 Å². The second-order valence-electron chi connectivity index (χ2n) is 15.1. The highest BCUT2D eigenvalue weighted by Gasteiger charge is 2.42. The summed E-state index contributed by atoms with van der Waals surface area (Å²) in [5, 5.41) is 13.9. The molecule has 288 valence electrons. The van der Waals surface area contributed by atoms with Gasteiger partial charge in [0.2, 0.25) is 0 Å². The monoisotopic (exact) mass is 773 g/mol. The maximum absolute atomic E-state index is 14.7. The van der Waals surface area contributed by atoms with Crippen molar-refractivity contribution in [2.45, 2.75) is 44.3 Å². The molecule has 0 amide bonds. The van der Waals surface area contributed by atoms with Gasteiger partial charge < -0.3 is 9.13 Å². The van der Waals surface area contributed by atoms with Crippen LogP contribution in [-0.2, 0) is 24.9 Å². The number of benzene rings is 6. The molecule has 9 aromatic rings. The van der Waals surface area contributed by atoms with Gasteiger partial charge in [-0.1, -0.05) is 159 Å². The Kier molecular flexibility index (Phi) is 9.13. The molecule has 1 atom stereocenters. The van der Waals surface area contributed by atoms with Crippen LogP contribution in [0.5, 0.6) is 0 Å². The Balaban J connectivity index is 1.08. The Bertz CT molecular complexity index is 2910. The molecule has 0 N–H and O–H groups in total. The third kappa shape index (κ3) is 6.00. The van der Waals surface area contributed by atoms with Crippen molar-refractivity contribution in [3.63, 3.8) is 0 Å². The van der Waals surface area contributed by atoms with Crippen molar-refractivity contribution < 1.29 is 4.39 Å². The van der Waals surface area contributed by atoms with Crippen LogP contribution < -0.4 is 5.56 Å². The zero-order valence-electron chi connectivity index (χ0n) is 32.5. The van der Waals surface area contributed by atoms with E-state index in [2.05, 4.69) is 126 Å². The SMILES string of the molecule is CCc1nc2ccn(Cc3ccccc3F)c(=O)c2n1[C@H]1CCc2cc(-c3ccccc3-c3nnnn3C(c3ccccc3)(c3ccccc3)c3ccccc3)ccc21. The summed E-state index contributed by atoms with van der Waals surface area (Å²) < 4.78 is 20.4. The number of aryl methyl sites for hydroxylation is 2. The molecule has 0 radical (unpaired) electrons. The van der Waals surface area contributed by atoms with Crippen LogP contribution in [0.2, 0.25) is 0 Å². The topological polar surface area (TPSA) is 83.4 Å². The van der Waals surface area contributed by atoms with Gasteiger partial charge in [0, 0.05) is 23.7 Å². The summed E-state index contributed by atoms with van der Waals surface area (Å²) in [6, 6.07) is 54.6. The lowest BCUT2D eigenvalue weighted by molar-refractivity contribution is 0.451. The average Bonchev–Trinajstić information content (AvgIpc) is 4.04. The first-order valence-electron chi connectivity index (χ1n) is 20.1. The Hall–Kier alpha value is -7.26. The fourth-order valence-corrected chi connectivity index (χ4v) is 9.16. The van der Waals surface area contributed by atoms with Crippen molar-refractivity contribution in [1.29, 1.82) is 0 Å². The molecule has 0 saturated carbocycles. The number of tetrazole rings is 1. The molecule has 0 bridgehead atoms. The van der Waals surface area contributed by atoms with E-state index in [4.69, 9.17) is 15.3 Å². The van der Waals surface area contributed by atoms with Crippen LogP contribution in [-0.4, -0.2) is 34.3 Å². The van der Waals surface area contributed by atoms with Crippen LogP contribution in [0.25, 0.3) is 33.5 Å². The first-order valence-corrected chi connectivity index (χ1v) is 20.1. The minimum atomic E-state index is -0.890. The molecular formula is C50H40FN7O. The molecule has 0 saturated heterocycles. The van der Waals surface area contributed by atoms with Gasteiger partial charge in [0.25, 0.3) is 5.56 Å². The summed E-state index contributed by atoms with van der Waals surface area (Å²) in [6.45, 7) is 2.21. The van der Waals surface area contributed by atoms with Gasteiger partial charge in [-0.15, -0.1) is 5.10 Å². The van der Waals surface area contributed by atoms with E-state index >= 15 is 0 Å². The van der Waals surface area contributed by atoms with E-state index in [0.29, 0.717) is 28.8 Å². The molecule has 3 aromatic heterocycles. The molecular weight excluding hydrogens is 734 g/mol. The van der Waals surface area contributed by atoms with Crippen LogP contribution in [0.15, 0.2) is 175 Å². The Morgan fingerprint density at radius 3 is 2.02 bits per heavy atom. The minimum Gasteiger partial charge on any atom is -0.316 e. The number of fused-ring (bicyclic) bond motifs is 2. The Morgan fingerprint density at radius 1 is 0.729 bits per heavy atom. The van der Waals surface area contributed by atoms with Crippen LogP contribution in [0.1, 0.15) is 58.6 Å². The second-order valence-corrected chi connectivity index (χ2v) is 15.1. The third-order valence-corrected chi connectivity index (χ3v) is 11.8. The van der Waals surface area contributed by atoms with Crippen molar-refractivity contribution in [2.75, 3.05) is 0 Å². The quantitative estimate of drug-likeness (QED) is 0.129. The first-order chi connectivity index (χ1) is 29.1. The van der Waals surface area contributed by atoms with Crippen LogP contribution in [0, 0.1) is 5.82 Å². The zero-order valence-corrected chi connectivity index (χ0v) is 32.5. The summed E-state index contributed by atoms with van der Waals surface area (Å²) >= 11 is 0. The van der Waals surface area contributed by atoms with Crippen molar-refractivity contribution in [1.82, 2.24) is 34.3 Å². The number of hydrogen-bond acceptors (Lipinski definition) is 5. The number of imidazole rings is 1. The molecule has 9 heteroatoms. The van der Waals surface area contributed by atoms with E-state index in [0.717, 1.165) is 52.0 Å². The third-order valence-electron chi connectivity index (χ3n) is 11.8. The number of hydrogen-bond donors (Lipinski definition) is 0. The molecule has 3 heterocycles. The highest BCUT2D eigenvalue weighted by atomic mass is 19.1. The van der Waals surface area contributed by atoms with Gasteiger partial charge in [-0.3, -0.25) is 4.79 Å². The molecule has 0 aliphatic heterocycles. The normalized spacial score (nSPS) is 13.8. The zero-order chi connectivity index (χ0) is 39.9. The van der Waals surface area contributed by atoms with E-state index < -0.39 is 5.54 Å². The number of aromatic nitrogens is 7. The molecule has 59 heavy (non-hydrogen) atoms. The smallest absolute Gasteiger partial charge is 0.277 e. The first kappa shape index (κ1) is 36.1. The lowest BCUT2D eigenvalue weighted by Gasteiger charge is -2.36. The van der Waals surface area contributed by atoms with Gasteiger partial charge in [0.05, 0.1) is 18.1 Å². The predicted octanol–water partition coefficient (Wildman–Crippen LogP) is 9.64. The lowest BCUT2D eigenvalue weighted by atomic mass is 9.77. The van der Waals surface area contributed by atoms with Gasteiger partial charge in [0.15, 0.2) is 5.82 Å². The van der Waals surface area contributed by atoms with Gasteiger partial charge in [0.1, 0.15) is 22.7 Å². The highest BCUT2D eigenvalue weighted by Crippen LogP contribution is 2.44. The van der Waals surface area contributed by atoms with Gasteiger partial charge >= 0.3 is 0 Å². The van der Waals surface area contributed by atoms with E-state index in [1.807, 2.05) is 35.0 Å². The predicted molar refractivity (Wildman–Crippen MR) is 229 cm³/mol. The standard InChI is InChI=1S/C50H40FN7O/c1-2-46-52-44-30-31-56(33-36-16-12-15-25-43(36)51)49(59)47(44)57(46)45-29-27-35-32-34(26-28-41(35)45)40-23-13-14-24-42(40)48-53-54-55-58(48)50(37-17-6-3-7-18-37,38-19-8-4-9-20-38)39-21-10-5-11-22-39/h3-26,28,30-32,45H,2,27,29,33H2,1H3/t45-/m0/s1. The fourth-order valence-electron chi connectivity index (χ4n) is 9.16. The molecule has 10 rings (SSSR count). The summed E-state index contributed by atoms with van der Waals surface area (Å²) in [4.78, 5) is 19.1. The van der Waals surface area contributed by atoms with E-state index in [1.54, 1.807) is 29.0 Å². The number of nitrogens with zero attached hydrogens (tertiary/aromatic N) is 7. The number of halogens is 1. The van der Waals surface area contributed by atoms with Crippen LogP contribution in [0.4, 0.5) is 4.39 Å². The van der Waals surface area contributed by atoms with Crippen LogP contribution in [0.3, 0.4) is 0 Å². The minimum absolute atomic E-state index is 0.0678. The summed E-state index contributed by atoms with van der Waals surface area (Å²) in [5.74, 6) is 1.17. The maximum atomic E-state index is 14.7. The molecule has 0 fully saturated rings. The van der Waals surface area contributed by atoms with Crippen LogP contribution >= 0.6 is 0 Å². The molecule has 0 spiro atoms. The van der Waals surface area contributed by atoms with Gasteiger partial charge in [-0.05, 0) is 74.3 Å². The maximum Gasteiger partial charge on any atom is 0.277 e. The Morgan fingerprint density at radius 2 is 1.36 bits per heavy atom. The molecule has 1 aliphatic rings. The van der Waals surface area contributed by atoms with Crippen molar-refractivity contribution >= 4 is 11.0 Å².